The monoisotopic (exact) mass is 570 g/mol. The topological polar surface area (TPSA) is 75.2 Å². The Bertz CT molecular complexity index is 968. The van der Waals surface area contributed by atoms with Gasteiger partial charge in [-0.3, -0.25) is 9.79 Å². The summed E-state index contributed by atoms with van der Waals surface area (Å²) < 4.78 is 11.2. The van der Waals surface area contributed by atoms with Crippen LogP contribution in [0.15, 0.2) is 41.4 Å². The predicted octanol–water partition coefficient (Wildman–Crippen LogP) is 3.76. The van der Waals surface area contributed by atoms with Crippen LogP contribution in [0.25, 0.3) is 0 Å². The molecule has 0 bridgehead atoms. The van der Waals surface area contributed by atoms with E-state index in [1.165, 1.54) is 0 Å². The number of ether oxygens (including phenoxy) is 2. The zero-order chi connectivity index (χ0) is 21.6. The predicted molar refractivity (Wildman–Crippen MR) is 138 cm³/mol. The Morgan fingerprint density at radius 2 is 1.91 bits per heavy atom. The van der Waals surface area contributed by atoms with Gasteiger partial charge >= 0.3 is 0 Å². The summed E-state index contributed by atoms with van der Waals surface area (Å²) in [6.07, 6.45) is 2.35. The van der Waals surface area contributed by atoms with Crippen molar-refractivity contribution in [3.05, 3.63) is 52.5 Å². The first-order chi connectivity index (χ1) is 15.1. The lowest BCUT2D eigenvalue weighted by Crippen LogP contribution is -2.37. The van der Waals surface area contributed by atoms with Crippen molar-refractivity contribution < 1.29 is 14.3 Å². The highest BCUT2D eigenvalue weighted by molar-refractivity contribution is 14.0. The van der Waals surface area contributed by atoms with Crippen molar-refractivity contribution in [1.29, 1.82) is 0 Å². The number of carbonyl (C=O) groups excluding carboxylic acids is 1. The van der Waals surface area contributed by atoms with Crippen LogP contribution in [0.4, 0.5) is 5.69 Å². The van der Waals surface area contributed by atoms with E-state index in [0.717, 1.165) is 42.2 Å². The molecular formula is C23H28ClIN4O3. The standard InChI is InChI=1S/C23H27ClN4O3.HI/c1-25-23(26-9-8-17-13-19(24)22-20(14-17)30-11-12-31-22)27-15-16-4-6-18(7-5-16)28-10-2-3-21(28)29;/h4-7,13-14H,2-3,8-12,15H2,1H3,(H2,25,26,27);1H. The molecule has 2 N–H and O–H groups in total. The summed E-state index contributed by atoms with van der Waals surface area (Å²) in [4.78, 5) is 18.0. The summed E-state index contributed by atoms with van der Waals surface area (Å²) in [6, 6.07) is 12.0. The quantitative estimate of drug-likeness (QED) is 0.314. The second kappa shape index (κ2) is 11.6. The second-order valence-corrected chi connectivity index (χ2v) is 7.93. The Balaban J connectivity index is 0.00000289. The van der Waals surface area contributed by atoms with Crippen molar-refractivity contribution in [2.75, 3.05) is 38.3 Å². The van der Waals surface area contributed by atoms with Crippen LogP contribution in [0.3, 0.4) is 0 Å². The molecule has 0 aliphatic carbocycles. The number of benzene rings is 2. The van der Waals surface area contributed by atoms with Gasteiger partial charge in [-0.15, -0.1) is 24.0 Å². The van der Waals surface area contributed by atoms with Gasteiger partial charge in [0.2, 0.25) is 5.91 Å². The largest absolute Gasteiger partial charge is 0.486 e. The van der Waals surface area contributed by atoms with E-state index in [0.29, 0.717) is 49.2 Å². The number of hydrogen-bond donors (Lipinski definition) is 2. The number of aliphatic imine (C=N–C) groups is 1. The molecule has 7 nitrogen and oxygen atoms in total. The molecule has 2 heterocycles. The molecular weight excluding hydrogens is 543 g/mol. The first kappa shape index (κ1) is 24.4. The van der Waals surface area contributed by atoms with E-state index >= 15 is 0 Å². The summed E-state index contributed by atoms with van der Waals surface area (Å²) in [5.74, 6) is 2.26. The van der Waals surface area contributed by atoms with Crippen molar-refractivity contribution in [3.63, 3.8) is 0 Å². The summed E-state index contributed by atoms with van der Waals surface area (Å²) in [6.45, 7) is 3.21. The van der Waals surface area contributed by atoms with Gasteiger partial charge in [-0.25, -0.2) is 0 Å². The lowest BCUT2D eigenvalue weighted by molar-refractivity contribution is -0.117. The SMILES string of the molecule is CN=C(NCCc1cc(Cl)c2c(c1)OCCO2)NCc1ccc(N2CCCC2=O)cc1.I. The van der Waals surface area contributed by atoms with Gasteiger partial charge in [-0.1, -0.05) is 23.7 Å². The summed E-state index contributed by atoms with van der Waals surface area (Å²) in [7, 11) is 1.75. The van der Waals surface area contributed by atoms with E-state index in [2.05, 4.69) is 15.6 Å². The molecule has 172 valence electrons. The van der Waals surface area contributed by atoms with Crippen LogP contribution in [0, 0.1) is 0 Å². The fourth-order valence-corrected chi connectivity index (χ4v) is 4.04. The third-order valence-corrected chi connectivity index (χ3v) is 5.65. The third kappa shape index (κ3) is 5.98. The number of nitrogens with zero attached hydrogens (tertiary/aromatic N) is 2. The van der Waals surface area contributed by atoms with Gasteiger partial charge in [-0.05, 0) is 48.2 Å². The van der Waals surface area contributed by atoms with Gasteiger partial charge in [0, 0.05) is 38.8 Å². The highest BCUT2D eigenvalue weighted by Gasteiger charge is 2.21. The number of guanidine groups is 1. The van der Waals surface area contributed by atoms with Crippen LogP contribution in [0.1, 0.15) is 24.0 Å². The zero-order valence-corrected chi connectivity index (χ0v) is 21.1. The molecule has 32 heavy (non-hydrogen) atoms. The third-order valence-electron chi connectivity index (χ3n) is 5.37. The van der Waals surface area contributed by atoms with Crippen LogP contribution in [0.5, 0.6) is 11.5 Å². The summed E-state index contributed by atoms with van der Waals surface area (Å²) in [5.41, 5.74) is 3.16. The van der Waals surface area contributed by atoms with Crippen LogP contribution < -0.4 is 25.0 Å². The number of amides is 1. The first-order valence-electron chi connectivity index (χ1n) is 10.6. The number of halogens is 2. The maximum Gasteiger partial charge on any atom is 0.227 e. The van der Waals surface area contributed by atoms with Crippen LogP contribution >= 0.6 is 35.6 Å². The zero-order valence-electron chi connectivity index (χ0n) is 18.0. The van der Waals surface area contributed by atoms with Gasteiger partial charge in [0.15, 0.2) is 17.5 Å². The van der Waals surface area contributed by atoms with Crippen LogP contribution in [0.2, 0.25) is 5.02 Å². The molecule has 1 amide bonds. The van der Waals surface area contributed by atoms with Crippen molar-refractivity contribution in [2.24, 2.45) is 4.99 Å². The molecule has 1 fully saturated rings. The Hall–Kier alpha value is -2.20. The molecule has 0 unspecified atom stereocenters. The number of carbonyl (C=O) groups is 1. The minimum Gasteiger partial charge on any atom is -0.486 e. The molecule has 0 spiro atoms. The lowest BCUT2D eigenvalue weighted by Gasteiger charge is -2.20. The molecule has 2 aliphatic heterocycles. The maximum atomic E-state index is 11.9. The molecule has 2 aliphatic rings. The number of nitrogens with one attached hydrogen (secondary N) is 2. The molecule has 0 radical (unpaired) electrons. The molecule has 2 aromatic rings. The number of rotatable bonds is 6. The normalized spacial score (nSPS) is 15.4. The Morgan fingerprint density at radius 3 is 2.62 bits per heavy atom. The number of fused-ring (bicyclic) bond motifs is 1. The van der Waals surface area contributed by atoms with E-state index in [4.69, 9.17) is 21.1 Å². The van der Waals surface area contributed by atoms with Crippen molar-refractivity contribution in [1.82, 2.24) is 10.6 Å². The Morgan fingerprint density at radius 1 is 1.12 bits per heavy atom. The van der Waals surface area contributed by atoms with E-state index in [9.17, 15) is 4.79 Å². The average Bonchev–Trinajstić information content (AvgIpc) is 3.22. The molecule has 2 aromatic carbocycles. The van der Waals surface area contributed by atoms with Gasteiger partial charge < -0.3 is 25.0 Å². The van der Waals surface area contributed by atoms with Crippen molar-refractivity contribution in [2.45, 2.75) is 25.8 Å². The maximum absolute atomic E-state index is 11.9. The summed E-state index contributed by atoms with van der Waals surface area (Å²) in [5, 5.41) is 7.22. The fourth-order valence-electron chi connectivity index (χ4n) is 3.76. The van der Waals surface area contributed by atoms with Gasteiger partial charge in [0.1, 0.15) is 13.2 Å². The van der Waals surface area contributed by atoms with Gasteiger partial charge in [-0.2, -0.15) is 0 Å². The van der Waals surface area contributed by atoms with Crippen molar-refractivity contribution in [3.8, 4) is 11.5 Å². The molecule has 0 atom stereocenters. The van der Waals surface area contributed by atoms with E-state index in [1.807, 2.05) is 41.3 Å². The molecule has 0 saturated carbocycles. The van der Waals surface area contributed by atoms with Crippen LogP contribution in [-0.2, 0) is 17.8 Å². The highest BCUT2D eigenvalue weighted by Crippen LogP contribution is 2.38. The lowest BCUT2D eigenvalue weighted by atomic mass is 10.1. The van der Waals surface area contributed by atoms with E-state index < -0.39 is 0 Å². The van der Waals surface area contributed by atoms with E-state index in [-0.39, 0.29) is 29.9 Å². The first-order valence-corrected chi connectivity index (χ1v) is 10.9. The minimum absolute atomic E-state index is 0. The molecule has 4 rings (SSSR count). The molecule has 0 aromatic heterocycles. The van der Waals surface area contributed by atoms with Gasteiger partial charge in [0.25, 0.3) is 0 Å². The van der Waals surface area contributed by atoms with E-state index in [1.54, 1.807) is 7.05 Å². The summed E-state index contributed by atoms with van der Waals surface area (Å²) >= 11 is 6.31. The van der Waals surface area contributed by atoms with Gasteiger partial charge in [0.05, 0.1) is 5.02 Å². The number of anilines is 1. The highest BCUT2D eigenvalue weighted by atomic mass is 127. The number of hydrogen-bond acceptors (Lipinski definition) is 4. The van der Waals surface area contributed by atoms with Crippen molar-refractivity contribution >= 4 is 53.1 Å². The minimum atomic E-state index is 0. The molecule has 1 saturated heterocycles. The Labute approximate surface area is 210 Å². The fraction of sp³-hybridized carbons (Fsp3) is 0.391. The van der Waals surface area contributed by atoms with Crippen LogP contribution in [-0.4, -0.2) is 45.2 Å². The Kier molecular flexibility index (Phi) is 8.86. The average molecular weight is 571 g/mol. The second-order valence-electron chi connectivity index (χ2n) is 7.52. The molecule has 9 heteroatoms. The smallest absolute Gasteiger partial charge is 0.227 e.